The van der Waals surface area contributed by atoms with Gasteiger partial charge >= 0.3 is 0 Å². The zero-order chi connectivity index (χ0) is 21.1. The zero-order valence-electron chi connectivity index (χ0n) is 16.9. The summed E-state index contributed by atoms with van der Waals surface area (Å²) in [6.45, 7) is 2.08. The predicted octanol–water partition coefficient (Wildman–Crippen LogP) is 5.87. The molecule has 154 valence electrons. The molecule has 0 saturated carbocycles. The fourth-order valence-corrected chi connectivity index (χ4v) is 5.08. The van der Waals surface area contributed by atoms with Crippen LogP contribution in [0.15, 0.2) is 71.8 Å². The van der Waals surface area contributed by atoms with E-state index in [9.17, 15) is 8.42 Å². The number of aryl methyl sites for hydroxylation is 1. The van der Waals surface area contributed by atoms with Crippen LogP contribution in [-0.2, 0) is 16.4 Å². The standard InChI is InChI=1S/C24H25N3O2S/c1-2-6-19(25)12-11-18-16-26-23-14-13-20(15-22(18)23)27-30(28,29)24-10-5-8-17-7-3-4-9-21(17)24/h3-5,7-10,13-16,25-27H,2,6,11-12H2,1H3. The highest BCUT2D eigenvalue weighted by Gasteiger charge is 2.18. The Morgan fingerprint density at radius 2 is 1.80 bits per heavy atom. The second kappa shape index (κ2) is 8.32. The van der Waals surface area contributed by atoms with Crippen molar-refractivity contribution in [3.63, 3.8) is 0 Å². The lowest BCUT2D eigenvalue weighted by Crippen LogP contribution is -2.13. The SMILES string of the molecule is CCCC(=N)CCc1c[nH]c2ccc(NS(=O)(=O)c3cccc4ccccc34)cc12. The smallest absolute Gasteiger partial charge is 0.262 e. The van der Waals surface area contributed by atoms with Gasteiger partial charge in [0, 0.05) is 33.9 Å². The van der Waals surface area contributed by atoms with Crippen molar-refractivity contribution in [1.29, 1.82) is 5.41 Å². The van der Waals surface area contributed by atoms with E-state index in [-0.39, 0.29) is 4.90 Å². The van der Waals surface area contributed by atoms with E-state index < -0.39 is 10.0 Å². The summed E-state index contributed by atoms with van der Waals surface area (Å²) in [6.07, 6.45) is 5.23. The number of hydrogen-bond acceptors (Lipinski definition) is 3. The topological polar surface area (TPSA) is 85.8 Å². The molecule has 4 rings (SSSR count). The van der Waals surface area contributed by atoms with E-state index in [1.54, 1.807) is 18.2 Å². The zero-order valence-corrected chi connectivity index (χ0v) is 17.7. The van der Waals surface area contributed by atoms with Crippen LogP contribution in [0, 0.1) is 5.41 Å². The molecular weight excluding hydrogens is 394 g/mol. The third kappa shape index (κ3) is 4.09. The van der Waals surface area contributed by atoms with E-state index in [0.29, 0.717) is 17.5 Å². The Morgan fingerprint density at radius 1 is 1.00 bits per heavy atom. The first-order valence-corrected chi connectivity index (χ1v) is 11.6. The van der Waals surface area contributed by atoms with Gasteiger partial charge in [-0.05, 0) is 54.5 Å². The summed E-state index contributed by atoms with van der Waals surface area (Å²) in [5.41, 5.74) is 3.33. The number of H-pyrrole nitrogens is 1. The van der Waals surface area contributed by atoms with Crippen molar-refractivity contribution < 1.29 is 8.42 Å². The van der Waals surface area contributed by atoms with Crippen molar-refractivity contribution in [3.05, 3.63) is 72.4 Å². The molecule has 0 aliphatic heterocycles. The molecule has 0 unspecified atom stereocenters. The molecule has 0 saturated heterocycles. The highest BCUT2D eigenvalue weighted by molar-refractivity contribution is 7.93. The van der Waals surface area contributed by atoms with Crippen LogP contribution < -0.4 is 4.72 Å². The van der Waals surface area contributed by atoms with E-state index in [1.807, 2.05) is 48.7 Å². The van der Waals surface area contributed by atoms with Crippen LogP contribution in [0.5, 0.6) is 0 Å². The van der Waals surface area contributed by atoms with Crippen molar-refractivity contribution in [2.45, 2.75) is 37.5 Å². The molecule has 0 fully saturated rings. The molecule has 5 nitrogen and oxygen atoms in total. The van der Waals surface area contributed by atoms with Crippen LogP contribution in [0.25, 0.3) is 21.7 Å². The molecule has 1 aromatic heterocycles. The molecule has 1 heterocycles. The second-order valence-electron chi connectivity index (χ2n) is 7.51. The number of anilines is 1. The van der Waals surface area contributed by atoms with Gasteiger partial charge in [0.05, 0.1) is 4.90 Å². The van der Waals surface area contributed by atoms with Crippen molar-refractivity contribution in [2.24, 2.45) is 0 Å². The first kappa shape index (κ1) is 20.2. The number of aromatic amines is 1. The molecule has 0 spiro atoms. The summed E-state index contributed by atoms with van der Waals surface area (Å²) in [7, 11) is -3.73. The van der Waals surface area contributed by atoms with Crippen molar-refractivity contribution in [3.8, 4) is 0 Å². The Bertz CT molecular complexity index is 1320. The highest BCUT2D eigenvalue weighted by Crippen LogP contribution is 2.28. The Kier molecular flexibility index (Phi) is 5.59. The van der Waals surface area contributed by atoms with Crippen LogP contribution in [0.2, 0.25) is 0 Å². The van der Waals surface area contributed by atoms with Gasteiger partial charge in [0.1, 0.15) is 0 Å². The monoisotopic (exact) mass is 419 g/mol. The average Bonchev–Trinajstić information content (AvgIpc) is 3.14. The van der Waals surface area contributed by atoms with Gasteiger partial charge in [-0.1, -0.05) is 49.7 Å². The molecule has 30 heavy (non-hydrogen) atoms. The second-order valence-corrected chi connectivity index (χ2v) is 9.16. The van der Waals surface area contributed by atoms with Gasteiger partial charge in [0.25, 0.3) is 10.0 Å². The molecule has 0 aliphatic rings. The molecular formula is C24H25N3O2S. The molecule has 0 atom stereocenters. The number of sulfonamides is 1. The van der Waals surface area contributed by atoms with Crippen LogP contribution in [0.1, 0.15) is 31.7 Å². The Morgan fingerprint density at radius 3 is 2.63 bits per heavy atom. The van der Waals surface area contributed by atoms with Crippen LogP contribution in [-0.4, -0.2) is 19.1 Å². The first-order chi connectivity index (χ1) is 14.5. The maximum absolute atomic E-state index is 13.1. The van der Waals surface area contributed by atoms with Gasteiger partial charge in [-0.2, -0.15) is 0 Å². The fraction of sp³-hybridized carbons (Fsp3) is 0.208. The van der Waals surface area contributed by atoms with E-state index in [4.69, 9.17) is 5.41 Å². The lowest BCUT2D eigenvalue weighted by atomic mass is 10.0. The molecule has 0 amide bonds. The molecule has 4 aromatic rings. The number of nitrogens with one attached hydrogen (secondary N) is 3. The number of hydrogen-bond donors (Lipinski definition) is 3. The Hall–Kier alpha value is -3.12. The summed E-state index contributed by atoms with van der Waals surface area (Å²) < 4.78 is 29.0. The molecule has 3 N–H and O–H groups in total. The minimum Gasteiger partial charge on any atom is -0.361 e. The first-order valence-electron chi connectivity index (χ1n) is 10.1. The van der Waals surface area contributed by atoms with Gasteiger partial charge in [-0.15, -0.1) is 0 Å². The largest absolute Gasteiger partial charge is 0.361 e. The van der Waals surface area contributed by atoms with Crippen LogP contribution in [0.3, 0.4) is 0 Å². The van der Waals surface area contributed by atoms with Crippen molar-refractivity contribution in [2.75, 3.05) is 4.72 Å². The van der Waals surface area contributed by atoms with Gasteiger partial charge in [-0.3, -0.25) is 4.72 Å². The summed E-state index contributed by atoms with van der Waals surface area (Å²) in [4.78, 5) is 3.51. The molecule has 0 radical (unpaired) electrons. The third-order valence-electron chi connectivity index (χ3n) is 5.31. The highest BCUT2D eigenvalue weighted by atomic mass is 32.2. The molecule has 6 heteroatoms. The number of aromatic nitrogens is 1. The van der Waals surface area contributed by atoms with E-state index in [1.165, 1.54) is 0 Å². The van der Waals surface area contributed by atoms with Crippen LogP contribution in [0.4, 0.5) is 5.69 Å². The summed E-state index contributed by atoms with van der Waals surface area (Å²) in [5, 5.41) is 10.6. The molecule has 0 bridgehead atoms. The lowest BCUT2D eigenvalue weighted by Gasteiger charge is -2.11. The minimum absolute atomic E-state index is 0.267. The Balaban J connectivity index is 1.63. The fourth-order valence-electron chi connectivity index (χ4n) is 3.80. The minimum atomic E-state index is -3.73. The maximum atomic E-state index is 13.1. The quantitative estimate of drug-likeness (QED) is 0.312. The third-order valence-corrected chi connectivity index (χ3v) is 6.75. The van der Waals surface area contributed by atoms with E-state index >= 15 is 0 Å². The van der Waals surface area contributed by atoms with Gasteiger partial charge in [0.2, 0.25) is 0 Å². The predicted molar refractivity (Wildman–Crippen MR) is 124 cm³/mol. The normalized spacial score (nSPS) is 11.8. The van der Waals surface area contributed by atoms with Gasteiger partial charge in [-0.25, -0.2) is 8.42 Å². The number of rotatable bonds is 8. The van der Waals surface area contributed by atoms with Crippen molar-refractivity contribution in [1.82, 2.24) is 4.98 Å². The van der Waals surface area contributed by atoms with E-state index in [0.717, 1.165) is 46.8 Å². The molecule has 0 aliphatic carbocycles. The van der Waals surface area contributed by atoms with Gasteiger partial charge < -0.3 is 10.4 Å². The maximum Gasteiger partial charge on any atom is 0.262 e. The summed E-state index contributed by atoms with van der Waals surface area (Å²) >= 11 is 0. The summed E-state index contributed by atoms with van der Waals surface area (Å²) in [5.74, 6) is 0. The van der Waals surface area contributed by atoms with Gasteiger partial charge in [0.15, 0.2) is 0 Å². The van der Waals surface area contributed by atoms with Crippen molar-refractivity contribution >= 4 is 43.1 Å². The average molecular weight is 420 g/mol. The van der Waals surface area contributed by atoms with E-state index in [2.05, 4.69) is 16.6 Å². The Labute approximate surface area is 176 Å². The molecule has 3 aromatic carbocycles. The van der Waals surface area contributed by atoms with Crippen LogP contribution >= 0.6 is 0 Å². The number of fused-ring (bicyclic) bond motifs is 2. The number of benzene rings is 3. The lowest BCUT2D eigenvalue weighted by molar-refractivity contribution is 0.602. The summed E-state index contributed by atoms with van der Waals surface area (Å²) in [6, 6.07) is 18.3.